The second-order valence-corrected chi connectivity index (χ2v) is 20.8. The Labute approximate surface area is 404 Å². The van der Waals surface area contributed by atoms with Crippen LogP contribution in [-0.4, -0.2) is 4.57 Å². The molecule has 1 aliphatic rings. The lowest BCUT2D eigenvalue weighted by molar-refractivity contribution is 0.569. The molecule has 69 heavy (non-hydrogen) atoms. The van der Waals surface area contributed by atoms with Gasteiger partial charge in [0.2, 0.25) is 0 Å². The van der Waals surface area contributed by atoms with Crippen LogP contribution in [0.15, 0.2) is 205 Å². The van der Waals surface area contributed by atoms with Crippen molar-refractivity contribution in [2.75, 3.05) is 4.90 Å². The molecule has 336 valence electrons. The molecular weight excluding hydrogens is 837 g/mol. The smallest absolute Gasteiger partial charge is 0.136 e. The van der Waals surface area contributed by atoms with Crippen molar-refractivity contribution in [2.24, 2.45) is 0 Å². The van der Waals surface area contributed by atoms with Crippen molar-refractivity contribution in [1.29, 1.82) is 0 Å². The van der Waals surface area contributed by atoms with Crippen LogP contribution in [0.4, 0.5) is 17.1 Å². The van der Waals surface area contributed by atoms with Crippen LogP contribution in [0.5, 0.6) is 0 Å². The van der Waals surface area contributed by atoms with E-state index in [1.54, 1.807) is 0 Å². The molecule has 0 unspecified atom stereocenters. The number of fused-ring (bicyclic) bond motifs is 7. The van der Waals surface area contributed by atoms with Gasteiger partial charge in [0.05, 0.1) is 22.4 Å². The fourth-order valence-corrected chi connectivity index (χ4v) is 10.9. The molecule has 0 fully saturated rings. The number of anilines is 3. The zero-order chi connectivity index (χ0) is 47.0. The van der Waals surface area contributed by atoms with Gasteiger partial charge in [-0.05, 0) is 122 Å². The van der Waals surface area contributed by atoms with Crippen LogP contribution in [0.3, 0.4) is 0 Å². The van der Waals surface area contributed by atoms with Crippen molar-refractivity contribution >= 4 is 72.5 Å². The molecule has 0 N–H and O–H groups in total. The Morgan fingerprint density at radius 1 is 0.464 bits per heavy atom. The minimum atomic E-state index is -0.00952. The largest absolute Gasteiger partial charge is 0.456 e. The van der Waals surface area contributed by atoms with E-state index >= 15 is 0 Å². The monoisotopic (exact) mass is 892 g/mol. The van der Waals surface area contributed by atoms with Crippen LogP contribution in [-0.2, 0) is 10.8 Å². The predicted molar refractivity (Wildman–Crippen MR) is 293 cm³/mol. The normalized spacial score (nSPS) is 13.0. The van der Waals surface area contributed by atoms with Gasteiger partial charge in [0.1, 0.15) is 11.2 Å². The van der Waals surface area contributed by atoms with Gasteiger partial charge < -0.3 is 13.9 Å². The summed E-state index contributed by atoms with van der Waals surface area (Å²) in [7, 11) is 0. The van der Waals surface area contributed by atoms with Gasteiger partial charge in [0, 0.05) is 44.0 Å². The first-order chi connectivity index (χ1) is 33.5. The van der Waals surface area contributed by atoms with E-state index in [4.69, 9.17) is 4.42 Å². The maximum absolute atomic E-state index is 6.52. The molecule has 0 saturated carbocycles. The third-order valence-electron chi connectivity index (χ3n) is 14.4. The third kappa shape index (κ3) is 7.27. The standard InChI is InChI=1S/C66H56N2O/c1-65(2,3)45-39-44(40-46(41-45)66(4,5)6)49-29-18-21-43-22-19-30-54(63(43)49)51-26-11-15-33-58(51)68(48-37-38-53-50-25-10-14-32-57(50)67(60(53)42-48)47-23-8-7-9-24-47)59-34-16-12-27-52(59)55-31-20-36-62-64(55)56-28-13-17-35-61(56)69-62/h7-18,20-29,31-42H,19,30H2,1-6H3. The van der Waals surface area contributed by atoms with Crippen molar-refractivity contribution in [2.45, 2.75) is 65.2 Å². The first-order valence-electron chi connectivity index (χ1n) is 24.5. The van der Waals surface area contributed by atoms with E-state index in [-0.39, 0.29) is 10.8 Å². The highest BCUT2D eigenvalue weighted by molar-refractivity contribution is 6.14. The summed E-state index contributed by atoms with van der Waals surface area (Å²) in [6, 6.07) is 73.9. The van der Waals surface area contributed by atoms with Crippen molar-refractivity contribution in [3.8, 4) is 27.9 Å². The molecule has 0 amide bonds. The Bertz CT molecular complexity index is 3890. The molecule has 0 saturated heterocycles. The lowest BCUT2D eigenvalue weighted by Crippen LogP contribution is -2.32. The highest BCUT2D eigenvalue weighted by Gasteiger charge is 2.27. The second-order valence-electron chi connectivity index (χ2n) is 20.8. The van der Waals surface area contributed by atoms with Gasteiger partial charge >= 0.3 is 0 Å². The second kappa shape index (κ2) is 16.4. The van der Waals surface area contributed by atoms with Crippen LogP contribution in [0, 0.1) is 0 Å². The van der Waals surface area contributed by atoms with Gasteiger partial charge in [-0.2, -0.15) is 0 Å². The molecule has 0 aliphatic heterocycles. The lowest BCUT2D eigenvalue weighted by Gasteiger charge is -2.31. The van der Waals surface area contributed by atoms with Gasteiger partial charge in [0.25, 0.3) is 0 Å². The maximum atomic E-state index is 6.52. The SMILES string of the molecule is CC(C)(C)c1cc(-c2cccc3c2=C(c2ccccc2N(c2ccc4c5ccccc5n(-c5ccccc5)c4c2)c2ccccc2-c2cccc4oc5ccccc5c24)CCC=3)cc(C(C)(C)C)c1. The summed E-state index contributed by atoms with van der Waals surface area (Å²) >= 11 is 0. The number of hydrogen-bond donors (Lipinski definition) is 0. The quantitative estimate of drug-likeness (QED) is 0.159. The summed E-state index contributed by atoms with van der Waals surface area (Å²) in [5.41, 5.74) is 18.7. The first-order valence-corrected chi connectivity index (χ1v) is 24.5. The lowest BCUT2D eigenvalue weighted by atomic mass is 9.78. The highest BCUT2D eigenvalue weighted by atomic mass is 16.3. The fraction of sp³-hybridized carbons (Fsp3) is 0.152. The van der Waals surface area contributed by atoms with Gasteiger partial charge in [-0.25, -0.2) is 0 Å². The van der Waals surface area contributed by atoms with E-state index in [9.17, 15) is 0 Å². The van der Waals surface area contributed by atoms with Crippen molar-refractivity contribution in [3.05, 3.63) is 227 Å². The first kappa shape index (κ1) is 42.5. The molecule has 2 heterocycles. The Morgan fingerprint density at radius 2 is 1.06 bits per heavy atom. The molecular formula is C66H56N2O. The number of aromatic nitrogens is 1. The molecule has 0 spiro atoms. The minimum absolute atomic E-state index is 0.00952. The summed E-state index contributed by atoms with van der Waals surface area (Å²) in [5.74, 6) is 0. The van der Waals surface area contributed by atoms with E-state index in [0.717, 1.165) is 74.2 Å². The Morgan fingerprint density at radius 3 is 1.83 bits per heavy atom. The van der Waals surface area contributed by atoms with E-state index in [2.05, 4.69) is 257 Å². The topological polar surface area (TPSA) is 21.3 Å². The van der Waals surface area contributed by atoms with E-state index in [0.29, 0.717) is 0 Å². The molecule has 12 rings (SSSR count). The Kier molecular flexibility index (Phi) is 10.1. The molecule has 3 heteroatoms. The molecule has 0 bridgehead atoms. The number of hydrogen-bond acceptors (Lipinski definition) is 2. The van der Waals surface area contributed by atoms with Crippen LogP contribution >= 0.6 is 0 Å². The number of furan rings is 1. The molecule has 0 radical (unpaired) electrons. The molecule has 2 aromatic heterocycles. The Hall–Kier alpha value is -7.88. The highest BCUT2D eigenvalue weighted by Crippen LogP contribution is 2.48. The minimum Gasteiger partial charge on any atom is -0.456 e. The zero-order valence-electron chi connectivity index (χ0n) is 40.3. The maximum Gasteiger partial charge on any atom is 0.136 e. The van der Waals surface area contributed by atoms with E-state index in [1.165, 1.54) is 60.1 Å². The Balaban J connectivity index is 1.17. The molecule has 9 aromatic carbocycles. The average molecular weight is 893 g/mol. The summed E-state index contributed by atoms with van der Waals surface area (Å²) in [6.45, 7) is 14.0. The van der Waals surface area contributed by atoms with Gasteiger partial charge in [-0.1, -0.05) is 193 Å². The van der Waals surface area contributed by atoms with Gasteiger partial charge in [0.15, 0.2) is 0 Å². The molecule has 0 atom stereocenters. The zero-order valence-corrected chi connectivity index (χ0v) is 40.3. The number of para-hydroxylation sites is 5. The average Bonchev–Trinajstić information content (AvgIpc) is 3.92. The van der Waals surface area contributed by atoms with Gasteiger partial charge in [-0.3, -0.25) is 0 Å². The summed E-state index contributed by atoms with van der Waals surface area (Å²) in [5, 5.41) is 7.30. The predicted octanol–water partition coefficient (Wildman–Crippen LogP) is 16.9. The van der Waals surface area contributed by atoms with Crippen LogP contribution in [0.25, 0.3) is 83.3 Å². The summed E-state index contributed by atoms with van der Waals surface area (Å²) in [4.78, 5) is 2.53. The fourth-order valence-electron chi connectivity index (χ4n) is 10.9. The van der Waals surface area contributed by atoms with Crippen molar-refractivity contribution < 1.29 is 4.42 Å². The van der Waals surface area contributed by atoms with Crippen LogP contribution < -0.4 is 15.3 Å². The van der Waals surface area contributed by atoms with Crippen LogP contribution in [0.1, 0.15) is 71.1 Å². The summed E-state index contributed by atoms with van der Waals surface area (Å²) in [6.07, 6.45) is 4.33. The third-order valence-corrected chi connectivity index (χ3v) is 14.4. The van der Waals surface area contributed by atoms with Crippen LogP contribution in [0.2, 0.25) is 0 Å². The number of benzene rings is 9. The molecule has 3 nitrogen and oxygen atoms in total. The summed E-state index contributed by atoms with van der Waals surface area (Å²) < 4.78 is 8.95. The van der Waals surface area contributed by atoms with Crippen molar-refractivity contribution in [1.82, 2.24) is 4.57 Å². The number of rotatable bonds is 7. The van der Waals surface area contributed by atoms with E-state index < -0.39 is 0 Å². The molecule has 11 aromatic rings. The van der Waals surface area contributed by atoms with Gasteiger partial charge in [-0.15, -0.1) is 0 Å². The molecule has 1 aliphatic carbocycles. The van der Waals surface area contributed by atoms with Crippen molar-refractivity contribution in [3.63, 3.8) is 0 Å². The van der Waals surface area contributed by atoms with E-state index in [1.807, 2.05) is 0 Å². The number of nitrogens with zero attached hydrogens (tertiary/aromatic N) is 2.